The average molecular weight is 429 g/mol. The third kappa shape index (κ3) is 2.62. The lowest BCUT2D eigenvalue weighted by atomic mass is 10.1. The van der Waals surface area contributed by atoms with Crippen LogP contribution in [0.4, 0.5) is 13.2 Å². The third-order valence-corrected chi connectivity index (χ3v) is 4.51. The molecule has 0 aliphatic heterocycles. The first kappa shape index (κ1) is 16.6. The van der Waals surface area contributed by atoms with Gasteiger partial charge >= 0.3 is 6.18 Å². The zero-order chi connectivity index (χ0) is 17.1. The highest BCUT2D eigenvalue weighted by Gasteiger charge is 2.39. The molecule has 0 saturated heterocycles. The van der Waals surface area contributed by atoms with Crippen LogP contribution in [0.5, 0.6) is 0 Å². The van der Waals surface area contributed by atoms with Crippen LogP contribution in [0, 0.1) is 6.92 Å². The van der Waals surface area contributed by atoms with Crippen LogP contribution in [0.3, 0.4) is 0 Å². The summed E-state index contributed by atoms with van der Waals surface area (Å²) in [5, 5.41) is 4.29. The lowest BCUT2D eigenvalue weighted by Crippen LogP contribution is -2.12. The van der Waals surface area contributed by atoms with Crippen molar-refractivity contribution >= 4 is 50.2 Å². The van der Waals surface area contributed by atoms with E-state index >= 15 is 0 Å². The number of hydrogen-bond donors (Lipinski definition) is 0. The summed E-state index contributed by atoms with van der Waals surface area (Å²) in [7, 11) is 1.20. The van der Waals surface area contributed by atoms with Crippen molar-refractivity contribution in [3.63, 3.8) is 0 Å². The van der Waals surface area contributed by atoms with Crippen LogP contribution < -0.4 is 0 Å². The Morgan fingerprint density at radius 2 is 1.91 bits per heavy atom. The van der Waals surface area contributed by atoms with Gasteiger partial charge < -0.3 is 4.42 Å². The molecule has 2 aromatic heterocycles. The second kappa shape index (κ2) is 5.39. The van der Waals surface area contributed by atoms with Gasteiger partial charge in [-0.1, -0.05) is 23.2 Å². The number of nitrogens with zero attached hydrogens (tertiary/aromatic N) is 3. The minimum absolute atomic E-state index is 0.00245. The van der Waals surface area contributed by atoms with Gasteiger partial charge in [0.15, 0.2) is 17.2 Å². The maximum absolute atomic E-state index is 13.1. The van der Waals surface area contributed by atoms with Gasteiger partial charge in [0.1, 0.15) is 11.2 Å². The van der Waals surface area contributed by atoms with Crippen molar-refractivity contribution < 1.29 is 17.6 Å². The Balaban J connectivity index is 2.39. The van der Waals surface area contributed by atoms with Crippen LogP contribution in [-0.4, -0.2) is 14.8 Å². The van der Waals surface area contributed by atoms with Crippen LogP contribution in [0.1, 0.15) is 11.6 Å². The summed E-state index contributed by atoms with van der Waals surface area (Å²) in [6, 6.07) is 1.40. The number of hydrogen-bond acceptors (Lipinski definition) is 3. The van der Waals surface area contributed by atoms with Crippen LogP contribution in [0.2, 0.25) is 10.0 Å². The van der Waals surface area contributed by atoms with Gasteiger partial charge in [-0.25, -0.2) is 4.98 Å². The molecule has 0 fully saturated rings. The molecule has 3 rings (SSSR count). The summed E-state index contributed by atoms with van der Waals surface area (Å²) in [6.45, 7) is 1.60. The Morgan fingerprint density at radius 1 is 1.26 bits per heavy atom. The van der Waals surface area contributed by atoms with Gasteiger partial charge in [0.2, 0.25) is 0 Å². The van der Waals surface area contributed by atoms with E-state index in [1.165, 1.54) is 13.1 Å². The molecule has 0 unspecified atom stereocenters. The number of halogens is 6. The zero-order valence-corrected chi connectivity index (χ0v) is 14.7. The highest BCUT2D eigenvalue weighted by molar-refractivity contribution is 9.10. The number of aromatic nitrogens is 3. The largest absolute Gasteiger partial charge is 0.440 e. The lowest BCUT2D eigenvalue weighted by Gasteiger charge is -2.07. The molecule has 2 heterocycles. The van der Waals surface area contributed by atoms with Gasteiger partial charge in [0, 0.05) is 14.0 Å². The zero-order valence-electron chi connectivity index (χ0n) is 11.6. The van der Waals surface area contributed by atoms with Crippen molar-refractivity contribution in [2.75, 3.05) is 0 Å². The first-order chi connectivity index (χ1) is 10.6. The maximum atomic E-state index is 13.1. The van der Waals surface area contributed by atoms with E-state index in [2.05, 4.69) is 26.0 Å². The summed E-state index contributed by atoms with van der Waals surface area (Å²) < 4.78 is 45.4. The van der Waals surface area contributed by atoms with E-state index in [1.54, 1.807) is 6.92 Å². The molecule has 0 spiro atoms. The van der Waals surface area contributed by atoms with Gasteiger partial charge in [0.05, 0.1) is 20.1 Å². The van der Waals surface area contributed by atoms with E-state index in [1.807, 2.05) is 0 Å². The Labute approximate surface area is 146 Å². The van der Waals surface area contributed by atoms with Crippen molar-refractivity contribution in [2.45, 2.75) is 13.1 Å². The van der Waals surface area contributed by atoms with Crippen LogP contribution in [0.15, 0.2) is 15.0 Å². The number of benzene rings is 1. The number of oxazole rings is 1. The van der Waals surface area contributed by atoms with Crippen molar-refractivity contribution in [3.8, 4) is 11.3 Å². The van der Waals surface area contributed by atoms with E-state index in [9.17, 15) is 13.2 Å². The maximum Gasteiger partial charge on any atom is 0.434 e. The molecule has 23 heavy (non-hydrogen) atoms. The van der Waals surface area contributed by atoms with Crippen molar-refractivity contribution in [2.24, 2.45) is 7.05 Å². The molecule has 1 aromatic carbocycles. The molecule has 0 bridgehead atoms. The molecular weight excluding hydrogens is 422 g/mol. The fourth-order valence-electron chi connectivity index (χ4n) is 2.31. The molecule has 0 amide bonds. The highest BCUT2D eigenvalue weighted by atomic mass is 79.9. The van der Waals surface area contributed by atoms with E-state index in [-0.39, 0.29) is 31.4 Å². The van der Waals surface area contributed by atoms with Gasteiger partial charge in [-0.2, -0.15) is 18.3 Å². The van der Waals surface area contributed by atoms with Gasteiger partial charge in [-0.05, 0) is 22.0 Å². The predicted octanol–water partition coefficient (Wildman–Crippen LogP) is 5.62. The second-order valence-electron chi connectivity index (χ2n) is 4.76. The standard InChI is InChI=1S/C13H7BrCl2F3N3O/c1-4-20-9-6(16)3-5(15)7(11(9)23-4)10-8(14)12(13(17,18)19)22(2)21-10/h3H,1-2H3. The molecule has 0 atom stereocenters. The fourth-order valence-corrected chi connectivity index (χ4v) is 3.64. The van der Waals surface area contributed by atoms with Gasteiger partial charge in [-0.15, -0.1) is 0 Å². The predicted molar refractivity (Wildman–Crippen MR) is 83.7 cm³/mol. The number of alkyl halides is 3. The summed E-state index contributed by atoms with van der Waals surface area (Å²) in [4.78, 5) is 4.12. The Hall–Kier alpha value is -1.25. The quantitative estimate of drug-likeness (QED) is 0.504. The van der Waals surface area contributed by atoms with E-state index < -0.39 is 11.9 Å². The molecule has 122 valence electrons. The minimum atomic E-state index is -4.58. The van der Waals surface area contributed by atoms with E-state index in [4.69, 9.17) is 27.6 Å². The van der Waals surface area contributed by atoms with Gasteiger partial charge in [0.25, 0.3) is 0 Å². The summed E-state index contributed by atoms with van der Waals surface area (Å²) in [6.07, 6.45) is -4.58. The molecule has 4 nitrogen and oxygen atoms in total. The summed E-state index contributed by atoms with van der Waals surface area (Å²) in [5.41, 5.74) is -0.225. The summed E-state index contributed by atoms with van der Waals surface area (Å²) in [5.74, 6) is 0.313. The molecular formula is C13H7BrCl2F3N3O. The second-order valence-corrected chi connectivity index (χ2v) is 6.37. The molecule has 10 heteroatoms. The van der Waals surface area contributed by atoms with Crippen LogP contribution in [0.25, 0.3) is 22.4 Å². The summed E-state index contributed by atoms with van der Waals surface area (Å²) >= 11 is 15.2. The topological polar surface area (TPSA) is 43.9 Å². The monoisotopic (exact) mass is 427 g/mol. The SMILES string of the molecule is Cc1nc2c(Cl)cc(Cl)c(-c3nn(C)c(C(F)(F)F)c3Br)c2o1. The van der Waals surface area contributed by atoms with Gasteiger partial charge in [-0.3, -0.25) is 4.68 Å². The highest BCUT2D eigenvalue weighted by Crippen LogP contribution is 2.45. The normalized spacial score (nSPS) is 12.3. The third-order valence-electron chi connectivity index (χ3n) is 3.17. The average Bonchev–Trinajstić information content (AvgIpc) is 2.90. The number of aryl methyl sites for hydroxylation is 2. The molecule has 3 aromatic rings. The molecule has 0 aliphatic carbocycles. The van der Waals surface area contributed by atoms with E-state index in [0.717, 1.165) is 4.68 Å². The lowest BCUT2D eigenvalue weighted by molar-refractivity contribution is -0.144. The van der Waals surface area contributed by atoms with Crippen molar-refractivity contribution in [1.29, 1.82) is 0 Å². The fraction of sp³-hybridized carbons (Fsp3) is 0.231. The number of rotatable bonds is 1. The number of fused-ring (bicyclic) bond motifs is 1. The first-order valence-corrected chi connectivity index (χ1v) is 7.71. The Morgan fingerprint density at radius 3 is 2.48 bits per heavy atom. The smallest absolute Gasteiger partial charge is 0.434 e. The molecule has 0 saturated carbocycles. The Bertz CT molecular complexity index is 933. The van der Waals surface area contributed by atoms with Crippen molar-refractivity contribution in [3.05, 3.63) is 32.2 Å². The molecule has 0 radical (unpaired) electrons. The van der Waals surface area contributed by atoms with Crippen LogP contribution >= 0.6 is 39.1 Å². The van der Waals surface area contributed by atoms with E-state index in [0.29, 0.717) is 11.4 Å². The molecule has 0 aliphatic rings. The molecule has 0 N–H and O–H groups in total. The minimum Gasteiger partial charge on any atom is -0.440 e. The first-order valence-electron chi connectivity index (χ1n) is 6.16. The van der Waals surface area contributed by atoms with Crippen LogP contribution in [-0.2, 0) is 13.2 Å². The van der Waals surface area contributed by atoms with Crippen molar-refractivity contribution in [1.82, 2.24) is 14.8 Å². The Kier molecular flexibility index (Phi) is 3.89.